The van der Waals surface area contributed by atoms with Gasteiger partial charge in [0, 0.05) is 32.2 Å². The molecule has 0 spiro atoms. The van der Waals surface area contributed by atoms with Crippen LogP contribution >= 0.6 is 0 Å². The minimum atomic E-state index is -0.152. The molecule has 1 heterocycles. The number of likely N-dealkylation sites (N-methyl/N-ethyl adjacent to an activating group) is 1. The minimum absolute atomic E-state index is 0.152. The molecule has 1 atom stereocenters. The van der Waals surface area contributed by atoms with E-state index in [1.165, 1.54) is 5.56 Å². The van der Waals surface area contributed by atoms with Crippen LogP contribution in [0.15, 0.2) is 24.3 Å². The standard InChI is InChI=1S/C14H21FN2/c1-12(17-9-7-16(2)8-10-17)11-13-3-5-14(15)6-4-13/h3-6,12H,7-11H2,1-2H3. The Morgan fingerprint density at radius 3 is 2.29 bits per heavy atom. The lowest BCUT2D eigenvalue weighted by atomic mass is 10.1. The second kappa shape index (κ2) is 5.61. The zero-order chi connectivity index (χ0) is 12.3. The van der Waals surface area contributed by atoms with Crippen LogP contribution in [0.25, 0.3) is 0 Å². The van der Waals surface area contributed by atoms with Crippen molar-refractivity contribution in [2.24, 2.45) is 0 Å². The summed E-state index contributed by atoms with van der Waals surface area (Å²) in [5.41, 5.74) is 1.22. The van der Waals surface area contributed by atoms with Crippen molar-refractivity contribution >= 4 is 0 Å². The van der Waals surface area contributed by atoms with Crippen molar-refractivity contribution < 1.29 is 4.39 Å². The Bertz CT molecular complexity index is 342. The topological polar surface area (TPSA) is 6.48 Å². The molecule has 0 N–H and O–H groups in total. The third kappa shape index (κ3) is 3.51. The number of hydrogen-bond donors (Lipinski definition) is 0. The van der Waals surface area contributed by atoms with Crippen molar-refractivity contribution in [3.8, 4) is 0 Å². The number of nitrogens with zero attached hydrogens (tertiary/aromatic N) is 2. The van der Waals surface area contributed by atoms with Gasteiger partial charge in [-0.05, 0) is 38.1 Å². The highest BCUT2D eigenvalue weighted by atomic mass is 19.1. The van der Waals surface area contributed by atoms with Crippen LogP contribution in [0.4, 0.5) is 4.39 Å². The van der Waals surface area contributed by atoms with Gasteiger partial charge in [-0.1, -0.05) is 12.1 Å². The molecule has 94 valence electrons. The fourth-order valence-electron chi connectivity index (χ4n) is 2.35. The average Bonchev–Trinajstić information content (AvgIpc) is 2.33. The fraction of sp³-hybridized carbons (Fsp3) is 0.571. The van der Waals surface area contributed by atoms with Gasteiger partial charge in [0.1, 0.15) is 5.82 Å². The molecule has 0 amide bonds. The molecule has 1 saturated heterocycles. The van der Waals surface area contributed by atoms with Crippen molar-refractivity contribution in [2.45, 2.75) is 19.4 Å². The molecule has 0 aliphatic carbocycles. The van der Waals surface area contributed by atoms with Gasteiger partial charge in [0.05, 0.1) is 0 Å². The molecule has 2 nitrogen and oxygen atoms in total. The van der Waals surface area contributed by atoms with Crippen LogP contribution in [0.1, 0.15) is 12.5 Å². The summed E-state index contributed by atoms with van der Waals surface area (Å²) >= 11 is 0. The zero-order valence-corrected chi connectivity index (χ0v) is 10.7. The summed E-state index contributed by atoms with van der Waals surface area (Å²) in [6.45, 7) is 6.83. The highest BCUT2D eigenvalue weighted by Gasteiger charge is 2.18. The van der Waals surface area contributed by atoms with Gasteiger partial charge >= 0.3 is 0 Å². The Morgan fingerprint density at radius 1 is 1.12 bits per heavy atom. The summed E-state index contributed by atoms with van der Waals surface area (Å²) in [7, 11) is 2.17. The van der Waals surface area contributed by atoms with Crippen molar-refractivity contribution in [1.82, 2.24) is 9.80 Å². The first-order valence-electron chi connectivity index (χ1n) is 6.32. The van der Waals surface area contributed by atoms with Crippen molar-refractivity contribution in [1.29, 1.82) is 0 Å². The summed E-state index contributed by atoms with van der Waals surface area (Å²) in [5, 5.41) is 0. The number of rotatable bonds is 3. The predicted octanol–water partition coefficient (Wildman–Crippen LogP) is 2.00. The van der Waals surface area contributed by atoms with Crippen LogP contribution in [0.5, 0.6) is 0 Å². The van der Waals surface area contributed by atoms with E-state index in [-0.39, 0.29) is 5.82 Å². The first-order chi connectivity index (χ1) is 8.15. The SMILES string of the molecule is CC(Cc1ccc(F)cc1)N1CCN(C)CC1. The quantitative estimate of drug-likeness (QED) is 0.792. The van der Waals surface area contributed by atoms with E-state index in [0.29, 0.717) is 6.04 Å². The summed E-state index contributed by atoms with van der Waals surface area (Å²) in [6.07, 6.45) is 1.00. The maximum Gasteiger partial charge on any atom is 0.123 e. The maximum atomic E-state index is 12.8. The third-order valence-electron chi connectivity index (χ3n) is 3.61. The molecule has 1 fully saturated rings. The molecule has 0 bridgehead atoms. The van der Waals surface area contributed by atoms with E-state index in [1.54, 1.807) is 12.1 Å². The maximum absolute atomic E-state index is 12.8. The first kappa shape index (κ1) is 12.5. The lowest BCUT2D eigenvalue weighted by Crippen LogP contribution is -2.48. The molecular formula is C14H21FN2. The molecule has 1 aliphatic heterocycles. The Kier molecular flexibility index (Phi) is 4.13. The molecule has 0 radical (unpaired) electrons. The highest BCUT2D eigenvalue weighted by molar-refractivity contribution is 5.17. The molecule has 1 aromatic rings. The van der Waals surface area contributed by atoms with Crippen LogP contribution in [0.2, 0.25) is 0 Å². The lowest BCUT2D eigenvalue weighted by molar-refractivity contribution is 0.118. The van der Waals surface area contributed by atoms with E-state index in [9.17, 15) is 4.39 Å². The molecule has 0 saturated carbocycles. The molecule has 1 aromatic carbocycles. The average molecular weight is 236 g/mol. The van der Waals surface area contributed by atoms with E-state index < -0.39 is 0 Å². The number of benzene rings is 1. The van der Waals surface area contributed by atoms with E-state index in [4.69, 9.17) is 0 Å². The van der Waals surface area contributed by atoms with Crippen LogP contribution < -0.4 is 0 Å². The van der Waals surface area contributed by atoms with Crippen molar-refractivity contribution in [3.63, 3.8) is 0 Å². The number of piperazine rings is 1. The Morgan fingerprint density at radius 2 is 1.71 bits per heavy atom. The summed E-state index contributed by atoms with van der Waals surface area (Å²) in [4.78, 5) is 4.88. The lowest BCUT2D eigenvalue weighted by Gasteiger charge is -2.36. The third-order valence-corrected chi connectivity index (χ3v) is 3.61. The van der Waals surface area contributed by atoms with Gasteiger partial charge < -0.3 is 4.90 Å². The molecule has 17 heavy (non-hydrogen) atoms. The van der Waals surface area contributed by atoms with Crippen molar-refractivity contribution in [3.05, 3.63) is 35.6 Å². The van der Waals surface area contributed by atoms with Crippen LogP contribution in [0.3, 0.4) is 0 Å². The van der Waals surface area contributed by atoms with Gasteiger partial charge in [-0.3, -0.25) is 4.90 Å². The fourth-order valence-corrected chi connectivity index (χ4v) is 2.35. The van der Waals surface area contributed by atoms with Gasteiger partial charge in [0.2, 0.25) is 0 Å². The summed E-state index contributed by atoms with van der Waals surface area (Å²) < 4.78 is 12.8. The molecule has 3 heteroatoms. The molecule has 0 aromatic heterocycles. The Hall–Kier alpha value is -0.930. The van der Waals surface area contributed by atoms with Gasteiger partial charge in [0.25, 0.3) is 0 Å². The first-order valence-corrected chi connectivity index (χ1v) is 6.32. The van der Waals surface area contributed by atoms with Crippen molar-refractivity contribution in [2.75, 3.05) is 33.2 Å². The van der Waals surface area contributed by atoms with Gasteiger partial charge in [-0.25, -0.2) is 4.39 Å². The van der Waals surface area contributed by atoms with Gasteiger partial charge in [0.15, 0.2) is 0 Å². The van der Waals surface area contributed by atoms with Crippen LogP contribution in [-0.4, -0.2) is 49.1 Å². The highest BCUT2D eigenvalue weighted by Crippen LogP contribution is 2.11. The number of halogens is 1. The van der Waals surface area contributed by atoms with E-state index in [0.717, 1.165) is 32.6 Å². The van der Waals surface area contributed by atoms with Crippen LogP contribution in [-0.2, 0) is 6.42 Å². The predicted molar refractivity (Wildman–Crippen MR) is 68.6 cm³/mol. The monoisotopic (exact) mass is 236 g/mol. The van der Waals surface area contributed by atoms with Gasteiger partial charge in [-0.2, -0.15) is 0 Å². The largest absolute Gasteiger partial charge is 0.304 e. The minimum Gasteiger partial charge on any atom is -0.304 e. The summed E-state index contributed by atoms with van der Waals surface area (Å²) in [6, 6.07) is 7.41. The zero-order valence-electron chi connectivity index (χ0n) is 10.7. The molecule has 1 aliphatic rings. The van der Waals surface area contributed by atoms with E-state index in [1.807, 2.05) is 12.1 Å². The van der Waals surface area contributed by atoms with E-state index in [2.05, 4.69) is 23.8 Å². The number of hydrogen-bond acceptors (Lipinski definition) is 2. The van der Waals surface area contributed by atoms with Crippen LogP contribution in [0, 0.1) is 5.82 Å². The second-order valence-electron chi connectivity index (χ2n) is 5.02. The second-order valence-corrected chi connectivity index (χ2v) is 5.02. The molecular weight excluding hydrogens is 215 g/mol. The van der Waals surface area contributed by atoms with E-state index >= 15 is 0 Å². The summed E-state index contributed by atoms with van der Waals surface area (Å²) in [5.74, 6) is -0.152. The Balaban J connectivity index is 1.88. The molecule has 2 rings (SSSR count). The normalized spacial score (nSPS) is 20.4. The van der Waals surface area contributed by atoms with Gasteiger partial charge in [-0.15, -0.1) is 0 Å². The Labute approximate surface area is 103 Å². The molecule has 1 unspecified atom stereocenters. The smallest absolute Gasteiger partial charge is 0.123 e.